The van der Waals surface area contributed by atoms with E-state index in [-0.39, 0.29) is 0 Å². The van der Waals surface area contributed by atoms with E-state index in [1.807, 2.05) is 27.7 Å². The topological polar surface area (TPSA) is 77.8 Å². The normalized spacial score (nSPS) is 10.4. The van der Waals surface area contributed by atoms with Gasteiger partial charge >= 0.3 is 0 Å². The summed E-state index contributed by atoms with van der Waals surface area (Å²) in [6.07, 6.45) is 2.75. The molecule has 6 heteroatoms. The Kier molecular flexibility index (Phi) is 4.63. The van der Waals surface area contributed by atoms with Gasteiger partial charge in [-0.15, -0.1) is 0 Å². The molecule has 16 heavy (non-hydrogen) atoms. The predicted octanol–water partition coefficient (Wildman–Crippen LogP) is 2.39. The van der Waals surface area contributed by atoms with Crippen molar-refractivity contribution in [2.45, 2.75) is 39.5 Å². The van der Waals surface area contributed by atoms with Crippen LogP contribution < -0.4 is 0 Å². The quantitative estimate of drug-likeness (QED) is 0.779. The summed E-state index contributed by atoms with van der Waals surface area (Å²) in [5.41, 5.74) is 0. The highest BCUT2D eigenvalue weighted by Gasteiger charge is 2.02. The van der Waals surface area contributed by atoms with Crippen molar-refractivity contribution in [2.75, 3.05) is 0 Å². The van der Waals surface area contributed by atoms with Crippen molar-refractivity contribution >= 4 is 0 Å². The minimum Gasteiger partial charge on any atom is -0.343 e. The van der Waals surface area contributed by atoms with Gasteiger partial charge in [-0.3, -0.25) is 0 Å². The molecule has 0 aliphatic carbocycles. The molecule has 0 bridgehead atoms. The number of hydrogen-bond acceptors (Lipinski definition) is 6. The van der Waals surface area contributed by atoms with Crippen LogP contribution in [0.1, 0.15) is 51.2 Å². The molecular weight excluding hydrogens is 208 g/mol. The van der Waals surface area contributed by atoms with Crippen LogP contribution in [0.2, 0.25) is 0 Å². The molecule has 0 amide bonds. The molecule has 0 atom stereocenters. The van der Waals surface area contributed by atoms with Gasteiger partial charge < -0.3 is 9.05 Å². The Labute approximate surface area is 94.1 Å². The fraction of sp³-hybridized carbons (Fsp3) is 0.600. The van der Waals surface area contributed by atoms with Crippen molar-refractivity contribution in [3.63, 3.8) is 0 Å². The zero-order chi connectivity index (χ0) is 12.0. The van der Waals surface area contributed by atoms with Gasteiger partial charge in [0.2, 0.25) is 12.3 Å². The third-order valence-corrected chi connectivity index (χ3v) is 1.77. The first-order chi connectivity index (χ1) is 7.61. The van der Waals surface area contributed by atoms with Crippen LogP contribution in [0.3, 0.4) is 0 Å². The van der Waals surface area contributed by atoms with Crippen LogP contribution >= 0.6 is 0 Å². The van der Waals surface area contributed by atoms with Crippen LogP contribution in [-0.4, -0.2) is 20.3 Å². The predicted molar refractivity (Wildman–Crippen MR) is 56.8 cm³/mol. The lowest BCUT2D eigenvalue weighted by Gasteiger charge is -1.90. The molecule has 2 aromatic rings. The first-order valence-corrected chi connectivity index (χ1v) is 5.14. The molecule has 2 rings (SSSR count). The molecule has 0 aliphatic rings. The molecule has 0 fully saturated rings. The van der Waals surface area contributed by atoms with Crippen LogP contribution in [-0.2, 0) is 0 Å². The second-order valence-electron chi connectivity index (χ2n) is 3.88. The first-order valence-electron chi connectivity index (χ1n) is 5.14. The Morgan fingerprint density at radius 2 is 1.81 bits per heavy atom. The summed E-state index contributed by atoms with van der Waals surface area (Å²) in [5.74, 6) is 2.18. The fourth-order valence-corrected chi connectivity index (χ4v) is 0.869. The van der Waals surface area contributed by atoms with Crippen LogP contribution in [0.25, 0.3) is 0 Å². The molecule has 0 saturated carbocycles. The highest BCUT2D eigenvalue weighted by Crippen LogP contribution is 2.07. The maximum atomic E-state index is 4.73. The van der Waals surface area contributed by atoms with Gasteiger partial charge in [0.05, 0.1) is 0 Å². The smallest absolute Gasteiger partial charge is 0.228 e. The highest BCUT2D eigenvalue weighted by molar-refractivity contribution is 4.84. The lowest BCUT2D eigenvalue weighted by atomic mass is 10.2. The van der Waals surface area contributed by atoms with Gasteiger partial charge in [-0.1, -0.05) is 38.0 Å². The van der Waals surface area contributed by atoms with Crippen molar-refractivity contribution in [3.05, 3.63) is 24.4 Å². The van der Waals surface area contributed by atoms with E-state index in [2.05, 4.69) is 24.8 Å². The molecular formula is C10H16N4O2. The van der Waals surface area contributed by atoms with E-state index in [1.165, 1.54) is 12.7 Å². The van der Waals surface area contributed by atoms with Crippen molar-refractivity contribution in [1.82, 2.24) is 20.3 Å². The number of rotatable bonds is 2. The van der Waals surface area contributed by atoms with E-state index in [4.69, 9.17) is 4.52 Å². The van der Waals surface area contributed by atoms with Gasteiger partial charge in [0.15, 0.2) is 12.2 Å². The van der Waals surface area contributed by atoms with Crippen molar-refractivity contribution in [1.29, 1.82) is 0 Å². The van der Waals surface area contributed by atoms with E-state index in [1.54, 1.807) is 0 Å². The summed E-state index contributed by atoms with van der Waals surface area (Å²) < 4.78 is 9.25. The summed E-state index contributed by atoms with van der Waals surface area (Å²) in [7, 11) is 0. The Bertz CT molecular complexity index is 329. The third kappa shape index (κ3) is 3.80. The molecule has 0 radical (unpaired) electrons. The van der Waals surface area contributed by atoms with E-state index < -0.39 is 0 Å². The van der Waals surface area contributed by atoms with Gasteiger partial charge in [-0.25, -0.2) is 0 Å². The van der Waals surface area contributed by atoms with E-state index in [0.29, 0.717) is 17.7 Å². The van der Waals surface area contributed by atoms with Crippen LogP contribution in [0.5, 0.6) is 0 Å². The van der Waals surface area contributed by atoms with Gasteiger partial charge in [0.1, 0.15) is 0 Å². The molecule has 6 nitrogen and oxygen atoms in total. The summed E-state index contributed by atoms with van der Waals surface area (Å²) in [4.78, 5) is 7.68. The lowest BCUT2D eigenvalue weighted by Crippen LogP contribution is -1.87. The SMILES string of the molecule is CC(C)c1ncno1.CC(C)c1ncon1. The van der Waals surface area contributed by atoms with Gasteiger partial charge in [0, 0.05) is 11.8 Å². The maximum Gasteiger partial charge on any atom is 0.228 e. The van der Waals surface area contributed by atoms with E-state index in [9.17, 15) is 0 Å². The van der Waals surface area contributed by atoms with E-state index >= 15 is 0 Å². The minimum absolute atomic E-state index is 0.345. The Morgan fingerprint density at radius 1 is 1.06 bits per heavy atom. The van der Waals surface area contributed by atoms with Crippen LogP contribution in [0.15, 0.2) is 21.8 Å². The summed E-state index contributed by atoms with van der Waals surface area (Å²) in [6, 6.07) is 0. The fourth-order valence-electron chi connectivity index (χ4n) is 0.869. The average Bonchev–Trinajstić information content (AvgIpc) is 2.93. The molecule has 0 unspecified atom stereocenters. The van der Waals surface area contributed by atoms with Crippen molar-refractivity contribution in [2.24, 2.45) is 0 Å². The Balaban J connectivity index is 0.000000160. The molecule has 0 N–H and O–H groups in total. The molecule has 0 spiro atoms. The Hall–Kier alpha value is -1.72. The lowest BCUT2D eigenvalue weighted by molar-refractivity contribution is 0.364. The number of aromatic nitrogens is 4. The van der Waals surface area contributed by atoms with Crippen LogP contribution in [0, 0.1) is 0 Å². The monoisotopic (exact) mass is 224 g/mol. The van der Waals surface area contributed by atoms with Gasteiger partial charge in [-0.2, -0.15) is 9.97 Å². The minimum atomic E-state index is 0.345. The van der Waals surface area contributed by atoms with Crippen LogP contribution in [0.4, 0.5) is 0 Å². The standard InChI is InChI=1S/2C5H8N2O/c1-4(2)5-6-3-8-7-5;1-4(2)5-6-3-7-8-5/h2*3-4H,1-2H3. The van der Waals surface area contributed by atoms with Crippen molar-refractivity contribution in [3.8, 4) is 0 Å². The summed E-state index contributed by atoms with van der Waals surface area (Å²) in [6.45, 7) is 8.05. The maximum absolute atomic E-state index is 4.73. The van der Waals surface area contributed by atoms with Gasteiger partial charge in [-0.05, 0) is 0 Å². The summed E-state index contributed by atoms with van der Waals surface area (Å²) >= 11 is 0. The molecule has 0 saturated heterocycles. The first kappa shape index (κ1) is 12.4. The Morgan fingerprint density at radius 3 is 2.06 bits per heavy atom. The number of hydrogen-bond donors (Lipinski definition) is 0. The molecule has 88 valence electrons. The molecule has 0 aromatic carbocycles. The molecule has 0 aliphatic heterocycles. The zero-order valence-electron chi connectivity index (χ0n) is 9.91. The largest absolute Gasteiger partial charge is 0.343 e. The van der Waals surface area contributed by atoms with Crippen molar-refractivity contribution < 1.29 is 9.05 Å². The van der Waals surface area contributed by atoms with Gasteiger partial charge in [0.25, 0.3) is 0 Å². The zero-order valence-corrected chi connectivity index (χ0v) is 9.91. The molecule has 2 heterocycles. The third-order valence-electron chi connectivity index (χ3n) is 1.77. The molecule has 2 aromatic heterocycles. The second kappa shape index (κ2) is 5.99. The highest BCUT2D eigenvalue weighted by atomic mass is 16.5. The second-order valence-corrected chi connectivity index (χ2v) is 3.88. The summed E-state index contributed by atoms with van der Waals surface area (Å²) in [5, 5.41) is 7.09. The van der Waals surface area contributed by atoms with E-state index in [0.717, 1.165) is 5.82 Å². The average molecular weight is 224 g/mol. The number of nitrogens with zero attached hydrogens (tertiary/aromatic N) is 4.